The molecule has 0 spiro atoms. The number of anilines is 2. The number of thioether (sulfide) groups is 1. The van der Waals surface area contributed by atoms with Gasteiger partial charge in [0.2, 0.25) is 5.91 Å². The first-order valence-electron chi connectivity index (χ1n) is 17.9. The smallest absolute Gasteiger partial charge is 0.322 e. The molecule has 0 fully saturated rings. The third-order valence-electron chi connectivity index (χ3n) is 9.43. The number of rotatable bonds is 16. The maximum atomic E-state index is 14.5. The second-order valence-electron chi connectivity index (χ2n) is 14.5. The number of para-hydroxylation sites is 1. The van der Waals surface area contributed by atoms with Gasteiger partial charge in [-0.2, -0.15) is 0 Å². The van der Waals surface area contributed by atoms with Crippen molar-refractivity contribution in [1.29, 1.82) is 0 Å². The highest BCUT2D eigenvalue weighted by Gasteiger charge is 2.43. The molecule has 0 unspecified atom stereocenters. The topological polar surface area (TPSA) is 133 Å². The van der Waals surface area contributed by atoms with E-state index in [-0.39, 0.29) is 16.4 Å². The number of ether oxygens (including phenoxy) is 1. The largest absolute Gasteiger partial charge is 0.483 e. The summed E-state index contributed by atoms with van der Waals surface area (Å²) < 4.78 is 35.3. The number of fused-ring (bicyclic) bond motifs is 1. The molecule has 4 rings (SSSR count). The summed E-state index contributed by atoms with van der Waals surface area (Å²) in [6.45, 7) is 9.08. The molecular formula is C40H53N3O7S2. The average molecular weight is 752 g/mol. The molecule has 2 amide bonds. The van der Waals surface area contributed by atoms with Crippen LogP contribution in [0.3, 0.4) is 0 Å². The highest BCUT2D eigenvalue weighted by Crippen LogP contribution is 2.48. The summed E-state index contributed by atoms with van der Waals surface area (Å²) in [6.07, 6.45) is 7.23. The van der Waals surface area contributed by atoms with Crippen LogP contribution in [0.25, 0.3) is 0 Å². The van der Waals surface area contributed by atoms with Gasteiger partial charge in [-0.05, 0) is 63.6 Å². The normalized spacial score (nSPS) is 15.5. The predicted octanol–water partition coefficient (Wildman–Crippen LogP) is 7.65. The van der Waals surface area contributed by atoms with E-state index in [2.05, 4.69) is 24.1 Å². The highest BCUT2D eigenvalue weighted by atomic mass is 32.2. The lowest BCUT2D eigenvalue weighted by Gasteiger charge is -2.41. The summed E-state index contributed by atoms with van der Waals surface area (Å²) in [6, 6.07) is 20.8. The van der Waals surface area contributed by atoms with Crippen LogP contribution in [0.2, 0.25) is 0 Å². The molecule has 0 aromatic heterocycles. The Morgan fingerprint density at radius 1 is 0.981 bits per heavy atom. The first-order chi connectivity index (χ1) is 24.7. The van der Waals surface area contributed by atoms with E-state index in [0.717, 1.165) is 44.2 Å². The van der Waals surface area contributed by atoms with Crippen molar-refractivity contribution in [3.8, 4) is 5.75 Å². The number of carbonyl (C=O) groups is 3. The molecule has 3 aromatic rings. The molecular weight excluding hydrogens is 699 g/mol. The van der Waals surface area contributed by atoms with Crippen molar-refractivity contribution in [1.82, 2.24) is 10.2 Å². The van der Waals surface area contributed by atoms with Gasteiger partial charge in [-0.1, -0.05) is 88.1 Å². The Balaban J connectivity index is 1.78. The monoisotopic (exact) mass is 751 g/mol. The zero-order valence-corrected chi connectivity index (χ0v) is 32.8. The Morgan fingerprint density at radius 2 is 1.58 bits per heavy atom. The summed E-state index contributed by atoms with van der Waals surface area (Å²) >= 11 is 1.39. The van der Waals surface area contributed by atoms with E-state index in [0.29, 0.717) is 22.7 Å². The molecule has 3 aromatic carbocycles. The number of nitrogens with zero attached hydrogens (tertiary/aromatic N) is 2. The van der Waals surface area contributed by atoms with Gasteiger partial charge in [0.15, 0.2) is 16.4 Å². The number of hydrogen-bond donors (Lipinski definition) is 2. The van der Waals surface area contributed by atoms with Crippen LogP contribution in [-0.4, -0.2) is 73.5 Å². The SMILES string of the molecule is CCCCC1(CCCC)CN(c2ccccc2)c2cc(SC)c(OCC(=O)N([C@@H](C(=O)NCC(=O)O)c3ccccc3)C(C)(C)C)cc2S(=O)(=O)C1. The molecule has 2 N–H and O–H groups in total. The van der Waals surface area contributed by atoms with Gasteiger partial charge >= 0.3 is 5.97 Å². The summed E-state index contributed by atoms with van der Waals surface area (Å²) in [5.74, 6) is -2.12. The predicted molar refractivity (Wildman–Crippen MR) is 207 cm³/mol. The maximum Gasteiger partial charge on any atom is 0.322 e. The van der Waals surface area contributed by atoms with Gasteiger partial charge < -0.3 is 25.0 Å². The van der Waals surface area contributed by atoms with Crippen molar-refractivity contribution in [2.24, 2.45) is 5.41 Å². The second-order valence-corrected chi connectivity index (χ2v) is 17.3. The molecule has 0 saturated carbocycles. The molecule has 52 heavy (non-hydrogen) atoms. The van der Waals surface area contributed by atoms with Crippen LogP contribution >= 0.6 is 11.8 Å². The molecule has 0 aliphatic carbocycles. The van der Waals surface area contributed by atoms with Gasteiger partial charge in [-0.25, -0.2) is 8.42 Å². The van der Waals surface area contributed by atoms with Gasteiger partial charge in [-0.15, -0.1) is 11.8 Å². The molecule has 282 valence electrons. The minimum absolute atomic E-state index is 0.00926. The molecule has 1 heterocycles. The fourth-order valence-electron chi connectivity index (χ4n) is 7.01. The molecule has 1 aliphatic heterocycles. The first-order valence-corrected chi connectivity index (χ1v) is 20.8. The number of benzene rings is 3. The number of carbonyl (C=O) groups excluding carboxylic acids is 2. The molecule has 0 saturated heterocycles. The van der Waals surface area contributed by atoms with Gasteiger partial charge in [-0.3, -0.25) is 14.4 Å². The van der Waals surface area contributed by atoms with Gasteiger partial charge in [0.05, 0.1) is 21.2 Å². The fraction of sp³-hybridized carbons (Fsp3) is 0.475. The minimum Gasteiger partial charge on any atom is -0.483 e. The van der Waals surface area contributed by atoms with E-state index in [9.17, 15) is 27.9 Å². The summed E-state index contributed by atoms with van der Waals surface area (Å²) in [5, 5.41) is 11.7. The Bertz CT molecular complexity index is 1790. The Labute approximate surface area is 313 Å². The van der Waals surface area contributed by atoms with Gasteiger partial charge in [0.1, 0.15) is 18.3 Å². The lowest BCUT2D eigenvalue weighted by molar-refractivity contribution is -0.149. The van der Waals surface area contributed by atoms with E-state index >= 15 is 0 Å². The van der Waals surface area contributed by atoms with Crippen LogP contribution in [0.4, 0.5) is 11.4 Å². The van der Waals surface area contributed by atoms with Crippen LogP contribution in [0.15, 0.2) is 82.6 Å². The number of carboxylic acid groups (broad SMARTS) is 1. The zero-order chi connectivity index (χ0) is 38.1. The van der Waals surface area contributed by atoms with E-state index in [1.165, 1.54) is 16.7 Å². The van der Waals surface area contributed by atoms with E-state index < -0.39 is 57.8 Å². The van der Waals surface area contributed by atoms with E-state index in [4.69, 9.17) is 4.74 Å². The van der Waals surface area contributed by atoms with Crippen LogP contribution in [-0.2, 0) is 24.2 Å². The van der Waals surface area contributed by atoms with Crippen molar-refractivity contribution in [2.75, 3.05) is 36.6 Å². The molecule has 1 atom stereocenters. The fourth-order valence-corrected chi connectivity index (χ4v) is 9.67. The van der Waals surface area contributed by atoms with Crippen molar-refractivity contribution < 1.29 is 32.6 Å². The zero-order valence-electron chi connectivity index (χ0n) is 31.2. The van der Waals surface area contributed by atoms with Gasteiger partial charge in [0.25, 0.3) is 5.91 Å². The van der Waals surface area contributed by atoms with E-state index in [1.807, 2.05) is 42.7 Å². The van der Waals surface area contributed by atoms with Crippen LogP contribution in [0.5, 0.6) is 5.75 Å². The molecule has 12 heteroatoms. The quantitative estimate of drug-likeness (QED) is 0.142. The Morgan fingerprint density at radius 3 is 2.12 bits per heavy atom. The number of nitrogens with one attached hydrogen (secondary N) is 1. The average Bonchev–Trinajstić information content (AvgIpc) is 3.21. The molecule has 10 nitrogen and oxygen atoms in total. The lowest BCUT2D eigenvalue weighted by Crippen LogP contribution is -2.54. The summed E-state index contributed by atoms with van der Waals surface area (Å²) in [7, 11) is -3.81. The van der Waals surface area contributed by atoms with E-state index in [1.54, 1.807) is 57.2 Å². The highest BCUT2D eigenvalue weighted by molar-refractivity contribution is 7.98. The summed E-state index contributed by atoms with van der Waals surface area (Å²) in [5.41, 5.74) is 0.641. The van der Waals surface area contributed by atoms with Crippen molar-refractivity contribution in [3.05, 3.63) is 78.4 Å². The second kappa shape index (κ2) is 17.7. The maximum absolute atomic E-state index is 14.5. The third kappa shape index (κ3) is 9.89. The number of hydrogen-bond acceptors (Lipinski definition) is 8. The number of aliphatic carboxylic acids is 1. The molecule has 1 aliphatic rings. The number of unbranched alkanes of at least 4 members (excludes halogenated alkanes) is 2. The standard InChI is InChI=1S/C40H53N3O7S2/c1-7-9-21-40(22-10-8-2)27-42(30-19-15-12-16-20-30)31-23-33(51-6)32(24-34(31)52(48,49)28-40)50-26-35(44)43(39(3,4)5)37(29-17-13-11-14-18-29)38(47)41-25-36(45)46/h11-20,23-24,37H,7-10,21-22,25-28H2,1-6H3,(H,41,47)(H,45,46)/t37-/m1/s1. The van der Waals surface area contributed by atoms with Crippen molar-refractivity contribution in [3.63, 3.8) is 0 Å². The van der Waals surface area contributed by atoms with Crippen molar-refractivity contribution >= 4 is 50.8 Å². The first kappa shape index (κ1) is 40.7. The lowest BCUT2D eigenvalue weighted by atomic mass is 9.79. The Hall–Kier alpha value is -4.03. The third-order valence-corrected chi connectivity index (χ3v) is 12.2. The van der Waals surface area contributed by atoms with Crippen LogP contribution in [0.1, 0.15) is 84.7 Å². The Kier molecular flexibility index (Phi) is 13.8. The number of amides is 2. The molecule has 0 radical (unpaired) electrons. The van der Waals surface area contributed by atoms with Crippen molar-refractivity contribution in [2.45, 2.75) is 94.5 Å². The number of sulfone groups is 1. The number of carboxylic acids is 1. The molecule has 0 bridgehead atoms. The van der Waals surface area contributed by atoms with Crippen LogP contribution in [0, 0.1) is 5.41 Å². The van der Waals surface area contributed by atoms with Crippen LogP contribution < -0.4 is 15.0 Å². The van der Waals surface area contributed by atoms with Gasteiger partial charge in [0, 0.05) is 29.3 Å². The minimum atomic E-state index is -3.81. The summed E-state index contributed by atoms with van der Waals surface area (Å²) in [4.78, 5) is 43.4.